The van der Waals surface area contributed by atoms with E-state index in [4.69, 9.17) is 11.6 Å². The van der Waals surface area contributed by atoms with Crippen molar-refractivity contribution < 1.29 is 26.3 Å². The van der Waals surface area contributed by atoms with Gasteiger partial charge in [0.05, 0.1) is 6.04 Å². The molecule has 0 amide bonds. The molecule has 5 nitrogen and oxygen atoms in total. The molecule has 3 heterocycles. The number of aromatic amines is 1. The topological polar surface area (TPSA) is 57.7 Å². The summed E-state index contributed by atoms with van der Waals surface area (Å²) in [6.07, 6.45) is -8.21. The molecule has 164 valence electrons. The van der Waals surface area contributed by atoms with E-state index in [0.29, 0.717) is 17.1 Å². The lowest BCUT2D eigenvalue weighted by atomic mass is 9.95. The molecule has 1 N–H and O–H groups in total. The molecule has 1 aromatic carbocycles. The molecule has 4 rings (SSSR count). The van der Waals surface area contributed by atoms with Gasteiger partial charge in [0, 0.05) is 28.2 Å². The Balaban J connectivity index is 1.86. The number of nitrogens with one attached hydrogen (secondary N) is 1. The molecule has 2 aromatic heterocycles. The van der Waals surface area contributed by atoms with Crippen LogP contribution in [0.3, 0.4) is 0 Å². The highest BCUT2D eigenvalue weighted by Gasteiger charge is 2.43. The Morgan fingerprint density at radius 3 is 2.32 bits per heavy atom. The van der Waals surface area contributed by atoms with Crippen molar-refractivity contribution in [3.8, 4) is 0 Å². The van der Waals surface area contributed by atoms with E-state index >= 15 is 0 Å². The van der Waals surface area contributed by atoms with Crippen molar-refractivity contribution in [1.82, 2.24) is 19.9 Å². The quantitative estimate of drug-likeness (QED) is 0.400. The molecule has 0 radical (unpaired) electrons. The fourth-order valence-electron chi connectivity index (χ4n) is 3.73. The van der Waals surface area contributed by atoms with Crippen molar-refractivity contribution >= 4 is 28.5 Å². The van der Waals surface area contributed by atoms with Crippen LogP contribution < -0.4 is 4.90 Å². The number of nitrogens with zero attached hydrogens (tertiary/aromatic N) is 4. The average Bonchev–Trinajstić information content (AvgIpc) is 3.05. The van der Waals surface area contributed by atoms with Crippen LogP contribution in [0, 0.1) is 0 Å². The summed E-state index contributed by atoms with van der Waals surface area (Å²) in [6, 6.07) is 4.57. The zero-order valence-electron chi connectivity index (χ0n) is 15.6. The molecule has 0 saturated carbocycles. The normalized spacial score (nSPS) is 17.1. The van der Waals surface area contributed by atoms with E-state index < -0.39 is 36.0 Å². The first kappa shape index (κ1) is 21.4. The smallest absolute Gasteiger partial charge is 0.356 e. The van der Waals surface area contributed by atoms with Gasteiger partial charge < -0.3 is 9.88 Å². The van der Waals surface area contributed by atoms with Gasteiger partial charge >= 0.3 is 12.4 Å². The zero-order valence-corrected chi connectivity index (χ0v) is 16.4. The van der Waals surface area contributed by atoms with Gasteiger partial charge in [-0.25, -0.2) is 4.98 Å². The molecular formula is C19H14ClF6N5. The van der Waals surface area contributed by atoms with E-state index in [1.165, 1.54) is 11.0 Å². The first-order valence-electron chi connectivity index (χ1n) is 9.07. The largest absolute Gasteiger partial charge is 0.451 e. The zero-order chi connectivity index (χ0) is 22.6. The number of halogens is 7. The highest BCUT2D eigenvalue weighted by molar-refractivity contribution is 6.31. The maximum atomic E-state index is 13.2. The van der Waals surface area contributed by atoms with Gasteiger partial charge in [0.2, 0.25) is 17.6 Å². The highest BCUT2D eigenvalue weighted by Crippen LogP contribution is 2.40. The van der Waals surface area contributed by atoms with Gasteiger partial charge in [-0.2, -0.15) is 36.3 Å². The van der Waals surface area contributed by atoms with Crippen LogP contribution in [0.4, 0.5) is 32.3 Å². The van der Waals surface area contributed by atoms with Crippen LogP contribution in [0.2, 0.25) is 5.02 Å². The molecule has 0 bridgehead atoms. The number of anilines is 1. The van der Waals surface area contributed by atoms with Crippen LogP contribution in [-0.4, -0.2) is 26.5 Å². The third-order valence-corrected chi connectivity index (χ3v) is 5.23. The third kappa shape index (κ3) is 3.93. The summed E-state index contributed by atoms with van der Waals surface area (Å²) in [7, 11) is 0. The van der Waals surface area contributed by atoms with Crippen LogP contribution in [0.15, 0.2) is 30.9 Å². The summed E-state index contributed by atoms with van der Waals surface area (Å²) in [6.45, 7) is 3.76. The van der Waals surface area contributed by atoms with E-state index in [-0.39, 0.29) is 13.0 Å². The van der Waals surface area contributed by atoms with Crippen LogP contribution in [-0.2, 0) is 18.8 Å². The number of alkyl halides is 6. The Bertz CT molecular complexity index is 1120. The summed E-state index contributed by atoms with van der Waals surface area (Å²) in [5.41, 5.74) is 2.29. The summed E-state index contributed by atoms with van der Waals surface area (Å²) in [4.78, 5) is 13.8. The van der Waals surface area contributed by atoms with Crippen molar-refractivity contribution in [3.63, 3.8) is 0 Å². The van der Waals surface area contributed by atoms with Crippen molar-refractivity contribution in [2.45, 2.75) is 31.2 Å². The molecule has 0 fully saturated rings. The van der Waals surface area contributed by atoms with Gasteiger partial charge in [0.15, 0.2) is 0 Å². The van der Waals surface area contributed by atoms with Crippen molar-refractivity contribution in [3.05, 3.63) is 58.8 Å². The Kier molecular flexibility index (Phi) is 5.11. The second-order valence-electron chi connectivity index (χ2n) is 6.97. The first-order valence-corrected chi connectivity index (χ1v) is 9.45. The highest BCUT2D eigenvalue weighted by atomic mass is 35.5. The van der Waals surface area contributed by atoms with Gasteiger partial charge in [-0.15, -0.1) is 6.58 Å². The number of rotatable bonds is 3. The third-order valence-electron chi connectivity index (χ3n) is 4.99. The molecule has 31 heavy (non-hydrogen) atoms. The fraction of sp³-hybridized carbons (Fsp3) is 0.316. The predicted molar refractivity (Wildman–Crippen MR) is 102 cm³/mol. The summed E-state index contributed by atoms with van der Waals surface area (Å²) < 4.78 is 79.1. The monoisotopic (exact) mass is 461 g/mol. The number of benzene rings is 1. The summed E-state index contributed by atoms with van der Waals surface area (Å²) >= 11 is 6.08. The molecular weight excluding hydrogens is 448 g/mol. The van der Waals surface area contributed by atoms with Crippen LogP contribution in [0.1, 0.15) is 35.4 Å². The van der Waals surface area contributed by atoms with E-state index in [2.05, 4.69) is 26.5 Å². The average molecular weight is 462 g/mol. The molecule has 1 atom stereocenters. The second kappa shape index (κ2) is 7.40. The van der Waals surface area contributed by atoms with Gasteiger partial charge in [-0.3, -0.25) is 0 Å². The van der Waals surface area contributed by atoms with Crippen molar-refractivity contribution in [1.29, 1.82) is 0 Å². The van der Waals surface area contributed by atoms with Crippen LogP contribution in [0.5, 0.6) is 0 Å². The molecule has 1 aliphatic heterocycles. The Labute approximate surface area is 176 Å². The summed E-state index contributed by atoms with van der Waals surface area (Å²) in [5, 5.41) is 1.36. The summed E-state index contributed by atoms with van der Waals surface area (Å²) in [5.74, 6) is -4.48. The van der Waals surface area contributed by atoms with Gasteiger partial charge in [-0.05, 0) is 36.6 Å². The lowest BCUT2D eigenvalue weighted by molar-refractivity contribution is -0.155. The molecule has 1 aliphatic rings. The minimum Gasteiger partial charge on any atom is -0.356 e. The number of fused-ring (bicyclic) bond motifs is 3. The molecule has 12 heteroatoms. The number of aromatic nitrogens is 4. The number of hydrogen-bond acceptors (Lipinski definition) is 4. The van der Waals surface area contributed by atoms with Crippen LogP contribution in [0.25, 0.3) is 10.9 Å². The molecule has 3 aromatic rings. The number of hydrogen-bond donors (Lipinski definition) is 1. The number of H-pyrrole nitrogens is 1. The van der Waals surface area contributed by atoms with E-state index in [9.17, 15) is 26.3 Å². The Morgan fingerprint density at radius 1 is 1.10 bits per heavy atom. The predicted octanol–water partition coefficient (Wildman–Crippen LogP) is 5.72. The maximum absolute atomic E-state index is 13.2. The van der Waals surface area contributed by atoms with Crippen molar-refractivity contribution in [2.24, 2.45) is 0 Å². The van der Waals surface area contributed by atoms with E-state index in [1.807, 2.05) is 0 Å². The molecule has 0 saturated heterocycles. The van der Waals surface area contributed by atoms with Gasteiger partial charge in [0.25, 0.3) is 0 Å². The molecule has 0 spiro atoms. The molecule has 0 aliphatic carbocycles. The van der Waals surface area contributed by atoms with E-state index in [1.54, 1.807) is 18.2 Å². The molecule has 0 unspecified atom stereocenters. The Morgan fingerprint density at radius 2 is 1.74 bits per heavy atom. The minimum absolute atomic E-state index is 0.101. The lowest BCUT2D eigenvalue weighted by Crippen LogP contribution is -2.37. The standard InChI is InChI=1S/C19H14ClF6N5/c1-2-3-13-14-10(11-8-9(20)4-5-12(11)27-14)6-7-31(13)17-29-15(18(21,22)23)28-16(30-17)19(24,25)26/h2,4-5,8,13,27H,1,3,6-7H2/t13-/m0/s1. The second-order valence-corrected chi connectivity index (χ2v) is 7.41. The van der Waals surface area contributed by atoms with Crippen LogP contribution >= 0.6 is 11.6 Å². The minimum atomic E-state index is -5.16. The van der Waals surface area contributed by atoms with E-state index in [0.717, 1.165) is 16.5 Å². The van der Waals surface area contributed by atoms with Gasteiger partial charge in [0.1, 0.15) is 0 Å². The van der Waals surface area contributed by atoms with Gasteiger partial charge in [-0.1, -0.05) is 17.7 Å². The fourth-order valence-corrected chi connectivity index (χ4v) is 3.90. The SMILES string of the molecule is C=CC[C@H]1c2[nH]c3ccc(Cl)cc3c2CCN1c1nc(C(F)(F)F)nc(C(F)(F)F)n1. The first-order chi connectivity index (χ1) is 14.5. The lowest BCUT2D eigenvalue weighted by Gasteiger charge is -2.35. The maximum Gasteiger partial charge on any atom is 0.451 e. The van der Waals surface area contributed by atoms with Crippen molar-refractivity contribution in [2.75, 3.05) is 11.4 Å². The Hall–Kier alpha value is -2.82.